The minimum Gasteiger partial charge on any atom is -0.493 e. The first-order valence-electron chi connectivity index (χ1n) is 10.1. The maximum atomic E-state index is 5.67. The second-order valence-electron chi connectivity index (χ2n) is 7.11. The number of ether oxygens (including phenoxy) is 3. The number of halogens is 1. The van der Waals surface area contributed by atoms with Gasteiger partial charge in [-0.25, -0.2) is 0 Å². The summed E-state index contributed by atoms with van der Waals surface area (Å²) >= 11 is 0. The van der Waals surface area contributed by atoms with Crippen LogP contribution in [0.15, 0.2) is 53.5 Å². The Morgan fingerprint density at radius 3 is 2.47 bits per heavy atom. The predicted molar refractivity (Wildman–Crippen MR) is 133 cm³/mol. The average Bonchev–Trinajstić information content (AvgIpc) is 2.78. The van der Waals surface area contributed by atoms with E-state index in [0.29, 0.717) is 18.1 Å². The molecule has 2 aromatic carbocycles. The first-order chi connectivity index (χ1) is 14.2. The van der Waals surface area contributed by atoms with Crippen LogP contribution < -0.4 is 20.1 Å². The number of hydrogen-bond acceptors (Lipinski definition) is 4. The summed E-state index contributed by atoms with van der Waals surface area (Å²) in [4.78, 5) is 4.40. The minimum absolute atomic E-state index is 0. The highest BCUT2D eigenvalue weighted by atomic mass is 127. The van der Waals surface area contributed by atoms with Gasteiger partial charge in [0.25, 0.3) is 0 Å². The number of methoxy groups -OCH3 is 1. The zero-order chi connectivity index (χ0) is 20.5. The summed E-state index contributed by atoms with van der Waals surface area (Å²) in [5.74, 6) is 2.14. The third-order valence-electron chi connectivity index (χ3n) is 5.38. The number of nitrogens with one attached hydrogen (secondary N) is 2. The molecule has 30 heavy (non-hydrogen) atoms. The Bertz CT molecular complexity index is 809. The van der Waals surface area contributed by atoms with Crippen LogP contribution in [0.4, 0.5) is 5.69 Å². The molecule has 0 unspecified atom stereocenters. The molecule has 1 heterocycles. The van der Waals surface area contributed by atoms with Crippen molar-refractivity contribution in [3.05, 3.63) is 54.1 Å². The number of hydrogen-bond donors (Lipinski definition) is 2. The maximum absolute atomic E-state index is 5.67. The average molecular weight is 525 g/mol. The molecule has 0 aromatic heterocycles. The van der Waals surface area contributed by atoms with E-state index < -0.39 is 0 Å². The van der Waals surface area contributed by atoms with Crippen LogP contribution in [0, 0.1) is 0 Å². The van der Waals surface area contributed by atoms with E-state index in [1.165, 1.54) is 5.56 Å². The Morgan fingerprint density at radius 2 is 1.83 bits per heavy atom. The van der Waals surface area contributed by atoms with Gasteiger partial charge in [-0.3, -0.25) is 4.99 Å². The van der Waals surface area contributed by atoms with Crippen LogP contribution >= 0.6 is 24.0 Å². The molecule has 1 fully saturated rings. The molecular formula is C23H32IN3O3. The SMILES string of the molecule is CCOc1cc(NC(=NC)NCC2(c3ccccc3)CCOCC2)ccc1OC.I. The number of nitrogens with zero attached hydrogens (tertiary/aromatic N) is 1. The van der Waals surface area contributed by atoms with Crippen molar-refractivity contribution in [3.8, 4) is 11.5 Å². The van der Waals surface area contributed by atoms with Crippen LogP contribution in [0.5, 0.6) is 11.5 Å². The number of anilines is 1. The third-order valence-corrected chi connectivity index (χ3v) is 5.38. The summed E-state index contributed by atoms with van der Waals surface area (Å²) in [6.07, 6.45) is 1.97. The molecule has 0 bridgehead atoms. The summed E-state index contributed by atoms with van der Waals surface area (Å²) in [5.41, 5.74) is 2.27. The molecule has 6 nitrogen and oxygen atoms in total. The first kappa shape index (κ1) is 24.3. The summed E-state index contributed by atoms with van der Waals surface area (Å²) < 4.78 is 16.7. The fraction of sp³-hybridized carbons (Fsp3) is 0.435. The molecule has 0 radical (unpaired) electrons. The van der Waals surface area contributed by atoms with Gasteiger partial charge < -0.3 is 24.8 Å². The normalized spacial score (nSPS) is 15.6. The lowest BCUT2D eigenvalue weighted by Crippen LogP contribution is -2.46. The van der Waals surface area contributed by atoms with Crippen molar-refractivity contribution in [3.63, 3.8) is 0 Å². The second kappa shape index (κ2) is 12.0. The lowest BCUT2D eigenvalue weighted by atomic mass is 9.74. The summed E-state index contributed by atoms with van der Waals surface area (Å²) in [6, 6.07) is 16.5. The summed E-state index contributed by atoms with van der Waals surface area (Å²) in [5, 5.41) is 6.88. The van der Waals surface area contributed by atoms with Crippen molar-refractivity contribution in [2.45, 2.75) is 25.2 Å². The van der Waals surface area contributed by atoms with E-state index >= 15 is 0 Å². The van der Waals surface area contributed by atoms with E-state index in [-0.39, 0.29) is 29.4 Å². The molecule has 0 atom stereocenters. The molecule has 1 saturated heterocycles. The van der Waals surface area contributed by atoms with Crippen LogP contribution in [0.2, 0.25) is 0 Å². The van der Waals surface area contributed by atoms with Crippen LogP contribution in [0.1, 0.15) is 25.3 Å². The van der Waals surface area contributed by atoms with Crippen LogP contribution in [-0.2, 0) is 10.2 Å². The van der Waals surface area contributed by atoms with Gasteiger partial charge in [-0.1, -0.05) is 30.3 Å². The molecule has 1 aliphatic heterocycles. The van der Waals surface area contributed by atoms with Gasteiger partial charge in [0.05, 0.1) is 13.7 Å². The van der Waals surface area contributed by atoms with E-state index in [2.05, 4.69) is 46.0 Å². The zero-order valence-electron chi connectivity index (χ0n) is 17.9. The summed E-state index contributed by atoms with van der Waals surface area (Å²) in [7, 11) is 3.42. The Kier molecular flexibility index (Phi) is 9.71. The highest BCUT2D eigenvalue weighted by Crippen LogP contribution is 2.34. The number of aliphatic imine (C=N–C) groups is 1. The number of rotatable bonds is 7. The van der Waals surface area contributed by atoms with Crippen molar-refractivity contribution in [2.24, 2.45) is 4.99 Å². The van der Waals surface area contributed by atoms with Crippen LogP contribution in [0.25, 0.3) is 0 Å². The zero-order valence-corrected chi connectivity index (χ0v) is 20.3. The summed E-state index contributed by atoms with van der Waals surface area (Å²) in [6.45, 7) is 4.87. The largest absolute Gasteiger partial charge is 0.493 e. The Hall–Kier alpha value is -2.00. The Labute approximate surface area is 196 Å². The lowest BCUT2D eigenvalue weighted by Gasteiger charge is -2.38. The highest BCUT2D eigenvalue weighted by Gasteiger charge is 2.34. The van der Waals surface area contributed by atoms with Gasteiger partial charge >= 0.3 is 0 Å². The maximum Gasteiger partial charge on any atom is 0.195 e. The van der Waals surface area contributed by atoms with Crippen molar-refractivity contribution in [1.29, 1.82) is 0 Å². The minimum atomic E-state index is 0. The molecule has 164 valence electrons. The predicted octanol–water partition coefficient (Wildman–Crippen LogP) is 4.45. The molecule has 1 aliphatic rings. The number of guanidine groups is 1. The Balaban J connectivity index is 0.00000320. The first-order valence-corrected chi connectivity index (χ1v) is 10.1. The fourth-order valence-corrected chi connectivity index (χ4v) is 3.71. The van der Waals surface area contributed by atoms with Crippen LogP contribution in [0.3, 0.4) is 0 Å². The molecule has 3 rings (SSSR count). The standard InChI is InChI=1S/C23H31N3O3.HI/c1-4-29-21-16-19(10-11-20(21)27-3)26-22(24-2)25-17-23(12-14-28-15-13-23)18-8-6-5-7-9-18;/h5-11,16H,4,12-15,17H2,1-3H3,(H2,24,25,26);1H. The van der Waals surface area contributed by atoms with Gasteiger partial charge in [0.1, 0.15) is 0 Å². The molecule has 2 N–H and O–H groups in total. The van der Waals surface area contributed by atoms with Gasteiger partial charge in [-0.05, 0) is 37.5 Å². The van der Waals surface area contributed by atoms with Crippen molar-refractivity contribution >= 4 is 35.6 Å². The van der Waals surface area contributed by atoms with Gasteiger partial charge in [-0.2, -0.15) is 0 Å². The van der Waals surface area contributed by atoms with E-state index in [4.69, 9.17) is 14.2 Å². The van der Waals surface area contributed by atoms with Gasteiger partial charge in [0.2, 0.25) is 0 Å². The molecule has 0 spiro atoms. The Morgan fingerprint density at radius 1 is 1.10 bits per heavy atom. The second-order valence-corrected chi connectivity index (χ2v) is 7.11. The van der Waals surface area contributed by atoms with Crippen molar-refractivity contribution in [1.82, 2.24) is 5.32 Å². The molecule has 0 saturated carbocycles. The van der Waals surface area contributed by atoms with E-state index in [9.17, 15) is 0 Å². The van der Waals surface area contributed by atoms with Crippen molar-refractivity contribution < 1.29 is 14.2 Å². The highest BCUT2D eigenvalue weighted by molar-refractivity contribution is 14.0. The molecular weight excluding hydrogens is 493 g/mol. The smallest absolute Gasteiger partial charge is 0.195 e. The van der Waals surface area contributed by atoms with Gasteiger partial charge in [-0.15, -0.1) is 24.0 Å². The fourth-order valence-electron chi connectivity index (χ4n) is 3.71. The lowest BCUT2D eigenvalue weighted by molar-refractivity contribution is 0.0514. The molecule has 7 heteroatoms. The molecule has 0 aliphatic carbocycles. The molecule has 2 aromatic rings. The van der Waals surface area contributed by atoms with E-state index in [1.54, 1.807) is 14.2 Å². The van der Waals surface area contributed by atoms with E-state index in [0.717, 1.165) is 44.2 Å². The topological polar surface area (TPSA) is 64.1 Å². The molecule has 0 amide bonds. The van der Waals surface area contributed by atoms with E-state index in [1.807, 2.05) is 25.1 Å². The van der Waals surface area contributed by atoms with Gasteiger partial charge in [0.15, 0.2) is 17.5 Å². The van der Waals surface area contributed by atoms with Gasteiger partial charge in [0, 0.05) is 44.0 Å². The van der Waals surface area contributed by atoms with Crippen molar-refractivity contribution in [2.75, 3.05) is 45.8 Å². The monoisotopic (exact) mass is 525 g/mol. The third kappa shape index (κ3) is 6.01. The van der Waals surface area contributed by atoms with Crippen LogP contribution in [-0.4, -0.2) is 46.5 Å². The quantitative estimate of drug-likeness (QED) is 0.318. The number of benzene rings is 2.